The fourth-order valence-corrected chi connectivity index (χ4v) is 2.09. The van der Waals surface area contributed by atoms with Crippen LogP contribution in [0.2, 0.25) is 0 Å². The fourth-order valence-electron chi connectivity index (χ4n) is 2.09. The summed E-state index contributed by atoms with van der Waals surface area (Å²) in [5.74, 6) is -0.814. The Labute approximate surface area is 110 Å². The summed E-state index contributed by atoms with van der Waals surface area (Å²) in [5.41, 5.74) is 0.314. The average Bonchev–Trinajstić information content (AvgIpc) is 2.65. The lowest BCUT2D eigenvalue weighted by molar-refractivity contribution is -0.129. The van der Waals surface area contributed by atoms with Crippen molar-refractivity contribution >= 4 is 11.8 Å². The van der Waals surface area contributed by atoms with Crippen LogP contribution in [0.15, 0.2) is 24.9 Å². The van der Waals surface area contributed by atoms with Gasteiger partial charge in [0.1, 0.15) is 11.5 Å². The Bertz CT molecular complexity index is 532. The molecule has 102 valence electrons. The van der Waals surface area contributed by atoms with Gasteiger partial charge in [0.25, 0.3) is 5.91 Å². The van der Waals surface area contributed by atoms with Gasteiger partial charge < -0.3 is 14.4 Å². The van der Waals surface area contributed by atoms with E-state index in [1.807, 2.05) is 0 Å². The second kappa shape index (κ2) is 4.87. The molecule has 2 amide bonds. The van der Waals surface area contributed by atoms with Crippen molar-refractivity contribution in [2.24, 2.45) is 7.05 Å². The molecule has 1 fully saturated rings. The molecule has 1 aliphatic heterocycles. The zero-order valence-corrected chi connectivity index (χ0v) is 11.0. The number of halogens is 1. The van der Waals surface area contributed by atoms with E-state index >= 15 is 0 Å². The third kappa shape index (κ3) is 2.38. The van der Waals surface area contributed by atoms with Crippen molar-refractivity contribution in [2.75, 3.05) is 20.1 Å². The SMILES string of the molecule is C=CC(=O)N(C)C1CN(C(=O)c2cc(F)cn2C)C1. The van der Waals surface area contributed by atoms with Gasteiger partial charge in [-0.25, -0.2) is 4.39 Å². The summed E-state index contributed by atoms with van der Waals surface area (Å²) in [7, 11) is 3.31. The summed E-state index contributed by atoms with van der Waals surface area (Å²) in [4.78, 5) is 26.6. The van der Waals surface area contributed by atoms with E-state index in [0.717, 1.165) is 0 Å². The third-order valence-corrected chi connectivity index (χ3v) is 3.41. The number of hydrogen-bond acceptors (Lipinski definition) is 2. The molecule has 19 heavy (non-hydrogen) atoms. The maximum absolute atomic E-state index is 13.0. The first kappa shape index (κ1) is 13.3. The average molecular weight is 265 g/mol. The largest absolute Gasteiger partial charge is 0.344 e. The van der Waals surface area contributed by atoms with Crippen LogP contribution in [0.25, 0.3) is 0 Å². The van der Waals surface area contributed by atoms with Crippen LogP contribution in [0, 0.1) is 5.82 Å². The Balaban J connectivity index is 1.97. The van der Waals surface area contributed by atoms with E-state index < -0.39 is 5.82 Å². The third-order valence-electron chi connectivity index (χ3n) is 3.41. The van der Waals surface area contributed by atoms with Gasteiger partial charge in [0.15, 0.2) is 0 Å². The predicted octanol–water partition coefficient (Wildman–Crippen LogP) is 0.633. The zero-order valence-electron chi connectivity index (χ0n) is 11.0. The normalized spacial score (nSPS) is 15.0. The van der Waals surface area contributed by atoms with Crippen molar-refractivity contribution in [3.05, 3.63) is 36.4 Å². The van der Waals surface area contributed by atoms with Gasteiger partial charge >= 0.3 is 0 Å². The molecule has 1 aliphatic rings. The molecule has 0 N–H and O–H groups in total. The smallest absolute Gasteiger partial charge is 0.270 e. The molecule has 0 radical (unpaired) electrons. The Hall–Kier alpha value is -2.11. The standard InChI is InChI=1S/C13H16FN3O2/c1-4-12(18)16(3)10-7-17(8-10)13(19)11-5-9(14)6-15(11)2/h4-6,10H,1,7-8H2,2-3H3. The maximum Gasteiger partial charge on any atom is 0.270 e. The first-order chi connectivity index (χ1) is 8.93. The van der Waals surface area contributed by atoms with Crippen molar-refractivity contribution in [3.8, 4) is 0 Å². The number of likely N-dealkylation sites (N-methyl/N-ethyl adjacent to an activating group) is 1. The number of carbonyl (C=O) groups excluding carboxylic acids is 2. The molecule has 6 heteroatoms. The molecular weight excluding hydrogens is 249 g/mol. The van der Waals surface area contributed by atoms with Gasteiger partial charge in [0.2, 0.25) is 5.91 Å². The molecule has 0 unspecified atom stereocenters. The lowest BCUT2D eigenvalue weighted by Crippen LogP contribution is -2.61. The van der Waals surface area contributed by atoms with E-state index in [-0.39, 0.29) is 17.9 Å². The van der Waals surface area contributed by atoms with Crippen LogP contribution in [0.4, 0.5) is 4.39 Å². The van der Waals surface area contributed by atoms with Crippen LogP contribution in [-0.2, 0) is 11.8 Å². The summed E-state index contributed by atoms with van der Waals surface area (Å²) in [6.45, 7) is 4.34. The van der Waals surface area contributed by atoms with E-state index in [1.54, 1.807) is 23.9 Å². The number of carbonyl (C=O) groups is 2. The molecule has 2 rings (SSSR count). The highest BCUT2D eigenvalue weighted by Gasteiger charge is 2.35. The first-order valence-electron chi connectivity index (χ1n) is 5.94. The number of aryl methyl sites for hydroxylation is 1. The van der Waals surface area contributed by atoms with E-state index in [4.69, 9.17) is 0 Å². The van der Waals surface area contributed by atoms with Crippen molar-refractivity contribution in [1.82, 2.24) is 14.4 Å². The molecule has 0 aliphatic carbocycles. The highest BCUT2D eigenvalue weighted by Crippen LogP contribution is 2.18. The molecule has 5 nitrogen and oxygen atoms in total. The second-order valence-electron chi connectivity index (χ2n) is 4.67. The topological polar surface area (TPSA) is 45.6 Å². The second-order valence-corrected chi connectivity index (χ2v) is 4.67. The van der Waals surface area contributed by atoms with E-state index in [0.29, 0.717) is 18.8 Å². The molecule has 1 saturated heterocycles. The van der Waals surface area contributed by atoms with Crippen LogP contribution in [0.5, 0.6) is 0 Å². The summed E-state index contributed by atoms with van der Waals surface area (Å²) in [6.07, 6.45) is 2.51. The number of amides is 2. The van der Waals surface area contributed by atoms with Crippen molar-refractivity contribution in [1.29, 1.82) is 0 Å². The van der Waals surface area contributed by atoms with Crippen LogP contribution in [-0.4, -0.2) is 52.4 Å². The van der Waals surface area contributed by atoms with Gasteiger partial charge in [0, 0.05) is 39.4 Å². The number of aromatic nitrogens is 1. The Morgan fingerprint density at radius 2 is 2.16 bits per heavy atom. The van der Waals surface area contributed by atoms with E-state index in [1.165, 1.54) is 22.9 Å². The quantitative estimate of drug-likeness (QED) is 0.753. The number of rotatable bonds is 3. The van der Waals surface area contributed by atoms with Gasteiger partial charge in [-0.05, 0) is 6.08 Å². The number of nitrogens with zero attached hydrogens (tertiary/aromatic N) is 3. The number of hydrogen-bond donors (Lipinski definition) is 0. The lowest BCUT2D eigenvalue weighted by Gasteiger charge is -2.43. The van der Waals surface area contributed by atoms with Gasteiger partial charge in [-0.2, -0.15) is 0 Å². The summed E-state index contributed by atoms with van der Waals surface area (Å²) >= 11 is 0. The minimum atomic E-state index is -0.429. The fraction of sp³-hybridized carbons (Fsp3) is 0.385. The van der Waals surface area contributed by atoms with Crippen LogP contribution in [0.1, 0.15) is 10.5 Å². The molecule has 0 spiro atoms. The number of likely N-dealkylation sites (tertiary alicyclic amines) is 1. The molecule has 1 aromatic heterocycles. The van der Waals surface area contributed by atoms with Gasteiger partial charge in [0.05, 0.1) is 6.04 Å². The van der Waals surface area contributed by atoms with Gasteiger partial charge in [-0.1, -0.05) is 6.58 Å². The van der Waals surface area contributed by atoms with Gasteiger partial charge in [-0.3, -0.25) is 9.59 Å². The van der Waals surface area contributed by atoms with E-state index in [2.05, 4.69) is 6.58 Å². The summed E-state index contributed by atoms with van der Waals surface area (Å²) < 4.78 is 14.5. The highest BCUT2D eigenvalue weighted by atomic mass is 19.1. The Kier molecular flexibility index (Phi) is 3.42. The van der Waals surface area contributed by atoms with E-state index in [9.17, 15) is 14.0 Å². The molecule has 0 aromatic carbocycles. The first-order valence-corrected chi connectivity index (χ1v) is 5.94. The Morgan fingerprint density at radius 3 is 2.63 bits per heavy atom. The minimum Gasteiger partial charge on any atom is -0.344 e. The highest BCUT2D eigenvalue weighted by molar-refractivity contribution is 5.94. The summed E-state index contributed by atoms with van der Waals surface area (Å²) in [5, 5.41) is 0. The molecule has 0 saturated carbocycles. The molecule has 1 aromatic rings. The predicted molar refractivity (Wildman–Crippen MR) is 68.0 cm³/mol. The van der Waals surface area contributed by atoms with Crippen LogP contribution in [0.3, 0.4) is 0 Å². The van der Waals surface area contributed by atoms with Gasteiger partial charge in [-0.15, -0.1) is 0 Å². The lowest BCUT2D eigenvalue weighted by atomic mass is 10.1. The monoisotopic (exact) mass is 265 g/mol. The zero-order chi connectivity index (χ0) is 14.2. The van der Waals surface area contributed by atoms with Crippen molar-refractivity contribution in [3.63, 3.8) is 0 Å². The maximum atomic E-state index is 13.0. The van der Waals surface area contributed by atoms with Crippen molar-refractivity contribution < 1.29 is 14.0 Å². The molecule has 0 bridgehead atoms. The van der Waals surface area contributed by atoms with Crippen molar-refractivity contribution in [2.45, 2.75) is 6.04 Å². The van der Waals surface area contributed by atoms with Crippen LogP contribution >= 0.6 is 0 Å². The molecule has 0 atom stereocenters. The van der Waals surface area contributed by atoms with Crippen LogP contribution < -0.4 is 0 Å². The molecular formula is C13H16FN3O2. The summed E-state index contributed by atoms with van der Waals surface area (Å²) in [6, 6.07) is 1.22. The Morgan fingerprint density at radius 1 is 1.53 bits per heavy atom. The minimum absolute atomic E-state index is 0.000402. The molecule has 2 heterocycles.